The molecule has 0 spiro atoms. The van der Waals surface area contributed by atoms with Gasteiger partial charge in [-0.15, -0.1) is 0 Å². The highest BCUT2D eigenvalue weighted by molar-refractivity contribution is 5.77. The molecule has 1 rings (SSSR count). The maximum Gasteiger partial charge on any atom is 0.333 e. The lowest BCUT2D eigenvalue weighted by Crippen LogP contribution is -2.45. The third kappa shape index (κ3) is 2.93. The van der Waals surface area contributed by atoms with Crippen LogP contribution >= 0.6 is 0 Å². The van der Waals surface area contributed by atoms with Crippen LogP contribution in [0.4, 0.5) is 0 Å². The number of rotatable bonds is 3. The molecule has 0 amide bonds. The zero-order valence-electron chi connectivity index (χ0n) is 10.9. The van der Waals surface area contributed by atoms with Crippen molar-refractivity contribution in [3.8, 4) is 0 Å². The largest absolute Gasteiger partial charge is 0.461 e. The van der Waals surface area contributed by atoms with Crippen LogP contribution < -0.4 is 5.56 Å². The molecule has 5 nitrogen and oxygen atoms in total. The Kier molecular flexibility index (Phi) is 3.70. The number of ether oxygens (including phenoxy) is 1. The van der Waals surface area contributed by atoms with Crippen molar-refractivity contribution < 1.29 is 9.53 Å². The van der Waals surface area contributed by atoms with Crippen molar-refractivity contribution in [1.82, 2.24) is 9.78 Å². The fourth-order valence-electron chi connectivity index (χ4n) is 1.35. The SMILES string of the molecule is Cc1ccc(=O)n(C(C)(C)C(=O)OC(C)C)n1. The summed E-state index contributed by atoms with van der Waals surface area (Å²) in [4.78, 5) is 23.6. The third-order valence-electron chi connectivity index (χ3n) is 2.31. The summed E-state index contributed by atoms with van der Waals surface area (Å²) in [5, 5.41) is 4.08. The van der Waals surface area contributed by atoms with Gasteiger partial charge in [-0.3, -0.25) is 4.79 Å². The van der Waals surface area contributed by atoms with Crippen LogP contribution in [0.1, 0.15) is 33.4 Å². The Morgan fingerprint density at radius 1 is 1.41 bits per heavy atom. The Hall–Kier alpha value is -1.65. The molecule has 1 aromatic rings. The Morgan fingerprint density at radius 3 is 2.53 bits per heavy atom. The molecule has 0 unspecified atom stereocenters. The number of aryl methyl sites for hydroxylation is 1. The number of hydrogen-bond donors (Lipinski definition) is 0. The van der Waals surface area contributed by atoms with E-state index in [-0.39, 0.29) is 11.7 Å². The normalized spacial score (nSPS) is 11.6. The summed E-state index contributed by atoms with van der Waals surface area (Å²) in [7, 11) is 0. The molecular weight excluding hydrogens is 220 g/mol. The highest BCUT2D eigenvalue weighted by Crippen LogP contribution is 2.14. The smallest absolute Gasteiger partial charge is 0.333 e. The molecule has 5 heteroatoms. The van der Waals surface area contributed by atoms with E-state index in [1.54, 1.807) is 40.7 Å². The van der Waals surface area contributed by atoms with E-state index in [0.29, 0.717) is 5.69 Å². The molecule has 0 radical (unpaired) electrons. The molecule has 0 bridgehead atoms. The highest BCUT2D eigenvalue weighted by atomic mass is 16.5. The second-order valence-corrected chi connectivity index (χ2v) is 4.74. The number of carbonyl (C=O) groups excluding carboxylic acids is 1. The van der Waals surface area contributed by atoms with Gasteiger partial charge in [0.25, 0.3) is 5.56 Å². The van der Waals surface area contributed by atoms with E-state index in [0.717, 1.165) is 4.68 Å². The Morgan fingerprint density at radius 2 is 2.00 bits per heavy atom. The lowest BCUT2D eigenvalue weighted by Gasteiger charge is -2.25. The maximum absolute atomic E-state index is 11.9. The molecule has 0 aliphatic carbocycles. The molecule has 1 heterocycles. The topological polar surface area (TPSA) is 61.2 Å². The molecule has 0 saturated carbocycles. The average Bonchev–Trinajstić information content (AvgIpc) is 2.20. The molecule has 94 valence electrons. The van der Waals surface area contributed by atoms with Crippen LogP contribution in [-0.2, 0) is 15.1 Å². The van der Waals surface area contributed by atoms with Crippen molar-refractivity contribution in [2.24, 2.45) is 0 Å². The van der Waals surface area contributed by atoms with Crippen LogP contribution in [0, 0.1) is 6.92 Å². The number of carbonyl (C=O) groups is 1. The lowest BCUT2D eigenvalue weighted by molar-refractivity contribution is -0.157. The third-order valence-corrected chi connectivity index (χ3v) is 2.31. The summed E-state index contributed by atoms with van der Waals surface area (Å²) in [6, 6.07) is 3.01. The Labute approximate surface area is 100 Å². The lowest BCUT2D eigenvalue weighted by atomic mass is 10.1. The molecule has 0 atom stereocenters. The van der Waals surface area contributed by atoms with E-state index >= 15 is 0 Å². The van der Waals surface area contributed by atoms with Crippen molar-refractivity contribution in [2.75, 3.05) is 0 Å². The van der Waals surface area contributed by atoms with Crippen LogP contribution in [0.2, 0.25) is 0 Å². The molecule has 0 aliphatic heterocycles. The average molecular weight is 238 g/mol. The van der Waals surface area contributed by atoms with Gasteiger partial charge >= 0.3 is 5.97 Å². The van der Waals surface area contributed by atoms with Gasteiger partial charge in [0, 0.05) is 6.07 Å². The van der Waals surface area contributed by atoms with Gasteiger partial charge in [-0.05, 0) is 40.7 Å². The number of hydrogen-bond acceptors (Lipinski definition) is 4. The molecule has 17 heavy (non-hydrogen) atoms. The summed E-state index contributed by atoms with van der Waals surface area (Å²) in [5.41, 5.74) is -0.746. The van der Waals surface area contributed by atoms with Gasteiger partial charge in [-0.1, -0.05) is 0 Å². The first-order chi connectivity index (χ1) is 7.75. The monoisotopic (exact) mass is 238 g/mol. The number of nitrogens with zero attached hydrogens (tertiary/aromatic N) is 2. The molecule has 0 aliphatic rings. The predicted molar refractivity (Wildman–Crippen MR) is 63.8 cm³/mol. The number of aromatic nitrogens is 2. The van der Waals surface area contributed by atoms with Gasteiger partial charge < -0.3 is 4.74 Å². The summed E-state index contributed by atoms with van der Waals surface area (Å²) in [6.07, 6.45) is -0.220. The van der Waals surface area contributed by atoms with E-state index in [4.69, 9.17) is 4.74 Å². The van der Waals surface area contributed by atoms with Crippen LogP contribution in [-0.4, -0.2) is 21.9 Å². The van der Waals surface area contributed by atoms with Gasteiger partial charge in [0.05, 0.1) is 11.8 Å². The van der Waals surface area contributed by atoms with E-state index in [1.807, 2.05) is 0 Å². The van der Waals surface area contributed by atoms with Gasteiger partial charge in [-0.25, -0.2) is 9.48 Å². The highest BCUT2D eigenvalue weighted by Gasteiger charge is 2.34. The fourth-order valence-corrected chi connectivity index (χ4v) is 1.35. The summed E-state index contributed by atoms with van der Waals surface area (Å²) in [5.74, 6) is -0.465. The second kappa shape index (κ2) is 4.69. The molecule has 0 fully saturated rings. The molecule has 0 N–H and O–H groups in total. The van der Waals surface area contributed by atoms with E-state index < -0.39 is 11.5 Å². The standard InChI is InChI=1S/C12H18N2O3/c1-8(2)17-11(16)12(4,5)14-10(15)7-6-9(3)13-14/h6-8H,1-5H3. The van der Waals surface area contributed by atoms with Crippen LogP contribution in [0.15, 0.2) is 16.9 Å². The summed E-state index contributed by atoms with van der Waals surface area (Å²) >= 11 is 0. The van der Waals surface area contributed by atoms with Gasteiger partial charge in [0.1, 0.15) is 0 Å². The first kappa shape index (κ1) is 13.4. The van der Waals surface area contributed by atoms with Gasteiger partial charge in [0.15, 0.2) is 5.54 Å². The minimum atomic E-state index is -1.10. The summed E-state index contributed by atoms with van der Waals surface area (Å²) < 4.78 is 6.29. The minimum Gasteiger partial charge on any atom is -0.461 e. The predicted octanol–water partition coefficient (Wildman–Crippen LogP) is 1.24. The van der Waals surface area contributed by atoms with Crippen molar-refractivity contribution in [3.63, 3.8) is 0 Å². The molecule has 0 saturated heterocycles. The quantitative estimate of drug-likeness (QED) is 0.743. The van der Waals surface area contributed by atoms with Crippen molar-refractivity contribution >= 4 is 5.97 Å². The maximum atomic E-state index is 11.9. The van der Waals surface area contributed by atoms with Gasteiger partial charge in [0.2, 0.25) is 0 Å². The van der Waals surface area contributed by atoms with Crippen molar-refractivity contribution in [2.45, 2.75) is 46.3 Å². The minimum absolute atomic E-state index is 0.220. The van der Waals surface area contributed by atoms with Crippen molar-refractivity contribution in [3.05, 3.63) is 28.2 Å². The van der Waals surface area contributed by atoms with Crippen LogP contribution in [0.3, 0.4) is 0 Å². The molecular formula is C12H18N2O3. The van der Waals surface area contributed by atoms with E-state index in [9.17, 15) is 9.59 Å². The fraction of sp³-hybridized carbons (Fsp3) is 0.583. The first-order valence-electron chi connectivity index (χ1n) is 5.53. The molecule has 0 aromatic carbocycles. The zero-order chi connectivity index (χ0) is 13.2. The zero-order valence-corrected chi connectivity index (χ0v) is 10.9. The second-order valence-electron chi connectivity index (χ2n) is 4.74. The molecule has 1 aromatic heterocycles. The van der Waals surface area contributed by atoms with Crippen LogP contribution in [0.5, 0.6) is 0 Å². The first-order valence-corrected chi connectivity index (χ1v) is 5.53. The van der Waals surface area contributed by atoms with Crippen LogP contribution in [0.25, 0.3) is 0 Å². The van der Waals surface area contributed by atoms with E-state index in [1.165, 1.54) is 6.07 Å². The Balaban J connectivity index is 3.16. The number of esters is 1. The van der Waals surface area contributed by atoms with E-state index in [2.05, 4.69) is 5.10 Å². The summed E-state index contributed by atoms with van der Waals surface area (Å²) in [6.45, 7) is 8.53. The Bertz CT molecular complexity index is 475. The van der Waals surface area contributed by atoms with Gasteiger partial charge in [-0.2, -0.15) is 5.10 Å². The van der Waals surface area contributed by atoms with Crippen molar-refractivity contribution in [1.29, 1.82) is 0 Å².